The van der Waals surface area contributed by atoms with Gasteiger partial charge in [-0.1, -0.05) is 40.2 Å². The summed E-state index contributed by atoms with van der Waals surface area (Å²) in [4.78, 5) is 0.470. The Morgan fingerprint density at radius 1 is 1.21 bits per heavy atom. The lowest BCUT2D eigenvalue weighted by molar-refractivity contribution is 0.0631. The average Bonchev–Trinajstić information content (AvgIpc) is 2.59. The summed E-state index contributed by atoms with van der Waals surface area (Å²) < 4.78 is 10.6. The van der Waals surface area contributed by atoms with Crippen LogP contribution in [-0.2, 0) is 15.9 Å². The molecule has 2 nitrogen and oxygen atoms in total. The summed E-state index contributed by atoms with van der Waals surface area (Å²) in [6.45, 7) is 2.22. The first-order valence-corrected chi connectivity index (χ1v) is 8.03. The zero-order valence-electron chi connectivity index (χ0n) is 11.6. The maximum absolute atomic E-state index is 5.61. The van der Waals surface area contributed by atoms with Gasteiger partial charge >= 0.3 is 0 Å². The lowest BCUT2D eigenvalue weighted by atomic mass is 9.94. The van der Waals surface area contributed by atoms with Gasteiger partial charge in [-0.05, 0) is 42.7 Å². The molecule has 2 unspecified atom stereocenters. The van der Waals surface area contributed by atoms with Crippen LogP contribution in [0.25, 0.3) is 0 Å². The molecule has 0 saturated heterocycles. The molecule has 0 N–H and O–H groups in total. The number of rotatable bonds is 6. The number of halogens is 1. The van der Waals surface area contributed by atoms with Crippen molar-refractivity contribution in [2.45, 2.75) is 30.5 Å². The van der Waals surface area contributed by atoms with Crippen molar-refractivity contribution in [1.82, 2.24) is 0 Å². The standard InChI is InChI=1S/C16H23BrO2/c1-18-11-12-19-10-9-14-7-4-6-13-5-2-3-8-15(13)16(14)17/h2-3,5,8,14,16H,4,6-7,9-12H2,1H3. The first kappa shape index (κ1) is 15.0. The van der Waals surface area contributed by atoms with Gasteiger partial charge in [0.05, 0.1) is 13.2 Å². The van der Waals surface area contributed by atoms with Crippen molar-refractivity contribution in [1.29, 1.82) is 0 Å². The molecule has 0 fully saturated rings. The van der Waals surface area contributed by atoms with Gasteiger partial charge in [-0.25, -0.2) is 0 Å². The number of ether oxygens (including phenoxy) is 2. The van der Waals surface area contributed by atoms with Crippen molar-refractivity contribution >= 4 is 15.9 Å². The molecule has 1 aliphatic carbocycles. The minimum atomic E-state index is 0.470. The van der Waals surface area contributed by atoms with Gasteiger partial charge in [0.15, 0.2) is 0 Å². The van der Waals surface area contributed by atoms with Gasteiger partial charge in [0, 0.05) is 18.5 Å². The lowest BCUT2D eigenvalue weighted by Gasteiger charge is -2.21. The summed E-state index contributed by atoms with van der Waals surface area (Å²) >= 11 is 3.91. The fraction of sp³-hybridized carbons (Fsp3) is 0.625. The van der Waals surface area contributed by atoms with E-state index in [2.05, 4.69) is 40.2 Å². The van der Waals surface area contributed by atoms with E-state index in [-0.39, 0.29) is 0 Å². The summed E-state index contributed by atoms with van der Waals surface area (Å²) in [6, 6.07) is 8.82. The Bertz CT molecular complexity index is 381. The Balaban J connectivity index is 1.88. The van der Waals surface area contributed by atoms with Crippen LogP contribution >= 0.6 is 15.9 Å². The molecule has 1 aliphatic rings. The molecule has 1 aromatic carbocycles. The molecule has 0 aromatic heterocycles. The van der Waals surface area contributed by atoms with E-state index >= 15 is 0 Å². The molecule has 2 atom stereocenters. The summed E-state index contributed by atoms with van der Waals surface area (Å²) in [5.74, 6) is 0.672. The van der Waals surface area contributed by atoms with Crippen LogP contribution < -0.4 is 0 Å². The van der Waals surface area contributed by atoms with Crippen molar-refractivity contribution < 1.29 is 9.47 Å². The molecule has 19 heavy (non-hydrogen) atoms. The number of alkyl halides is 1. The largest absolute Gasteiger partial charge is 0.382 e. The van der Waals surface area contributed by atoms with Gasteiger partial charge in [0.25, 0.3) is 0 Å². The Morgan fingerprint density at radius 2 is 2.05 bits per heavy atom. The number of benzene rings is 1. The first-order chi connectivity index (χ1) is 9.33. The number of hydrogen-bond acceptors (Lipinski definition) is 2. The highest BCUT2D eigenvalue weighted by atomic mass is 79.9. The third kappa shape index (κ3) is 4.30. The summed E-state index contributed by atoms with van der Waals surface area (Å²) in [7, 11) is 1.71. The molecule has 0 bridgehead atoms. The molecule has 0 heterocycles. The summed E-state index contributed by atoms with van der Waals surface area (Å²) in [6.07, 6.45) is 4.88. The van der Waals surface area contributed by atoms with E-state index in [1.165, 1.54) is 30.4 Å². The molecule has 1 aromatic rings. The van der Waals surface area contributed by atoms with Crippen LogP contribution in [0.5, 0.6) is 0 Å². The minimum absolute atomic E-state index is 0.470. The maximum atomic E-state index is 5.61. The molecule has 2 rings (SSSR count). The van der Waals surface area contributed by atoms with Crippen molar-refractivity contribution in [3.8, 4) is 0 Å². The second-order valence-corrected chi connectivity index (χ2v) is 6.13. The Kier molecular flexibility index (Phi) is 6.35. The van der Waals surface area contributed by atoms with E-state index < -0.39 is 0 Å². The summed E-state index contributed by atoms with van der Waals surface area (Å²) in [5.41, 5.74) is 2.98. The fourth-order valence-electron chi connectivity index (χ4n) is 2.76. The van der Waals surface area contributed by atoms with Crippen LogP contribution in [0.15, 0.2) is 24.3 Å². The van der Waals surface area contributed by atoms with E-state index in [1.54, 1.807) is 7.11 Å². The molecule has 0 spiro atoms. The van der Waals surface area contributed by atoms with Crippen LogP contribution in [0.1, 0.15) is 35.2 Å². The monoisotopic (exact) mass is 326 g/mol. The van der Waals surface area contributed by atoms with Gasteiger partial charge in [-0.2, -0.15) is 0 Å². The average molecular weight is 327 g/mol. The van der Waals surface area contributed by atoms with Crippen molar-refractivity contribution in [2.75, 3.05) is 26.9 Å². The van der Waals surface area contributed by atoms with Crippen LogP contribution in [0, 0.1) is 5.92 Å². The second kappa shape index (κ2) is 8.03. The first-order valence-electron chi connectivity index (χ1n) is 7.11. The van der Waals surface area contributed by atoms with E-state index in [0.717, 1.165) is 13.0 Å². The molecular weight excluding hydrogens is 304 g/mol. The molecule has 3 heteroatoms. The van der Waals surface area contributed by atoms with E-state index in [9.17, 15) is 0 Å². The van der Waals surface area contributed by atoms with Crippen LogP contribution in [0.4, 0.5) is 0 Å². The molecule has 0 aliphatic heterocycles. The van der Waals surface area contributed by atoms with Crippen molar-refractivity contribution in [3.05, 3.63) is 35.4 Å². The zero-order valence-corrected chi connectivity index (χ0v) is 13.2. The molecule has 0 saturated carbocycles. The third-order valence-electron chi connectivity index (χ3n) is 3.85. The molecule has 106 valence electrons. The third-order valence-corrected chi connectivity index (χ3v) is 5.09. The Labute approximate surface area is 124 Å². The van der Waals surface area contributed by atoms with Gasteiger partial charge in [0.1, 0.15) is 0 Å². The van der Waals surface area contributed by atoms with E-state index in [0.29, 0.717) is 24.0 Å². The predicted molar refractivity (Wildman–Crippen MR) is 81.9 cm³/mol. The van der Waals surface area contributed by atoms with Gasteiger partial charge in [-0.15, -0.1) is 0 Å². The number of methoxy groups -OCH3 is 1. The second-order valence-electron chi connectivity index (χ2n) is 5.15. The normalized spacial score (nSPS) is 22.8. The minimum Gasteiger partial charge on any atom is -0.382 e. The zero-order chi connectivity index (χ0) is 13.5. The Morgan fingerprint density at radius 3 is 2.89 bits per heavy atom. The SMILES string of the molecule is COCCOCCC1CCCc2ccccc2C1Br. The van der Waals surface area contributed by atoms with E-state index in [1.807, 2.05) is 0 Å². The highest BCUT2D eigenvalue weighted by Gasteiger charge is 2.25. The lowest BCUT2D eigenvalue weighted by Crippen LogP contribution is -2.12. The molecular formula is C16H23BrO2. The van der Waals surface area contributed by atoms with Gasteiger partial charge in [-0.3, -0.25) is 0 Å². The molecule has 0 amide bonds. The maximum Gasteiger partial charge on any atom is 0.0700 e. The smallest absolute Gasteiger partial charge is 0.0700 e. The fourth-order valence-corrected chi connectivity index (χ4v) is 3.73. The topological polar surface area (TPSA) is 18.5 Å². The van der Waals surface area contributed by atoms with Gasteiger partial charge < -0.3 is 9.47 Å². The number of hydrogen-bond donors (Lipinski definition) is 0. The quantitative estimate of drug-likeness (QED) is 0.444. The van der Waals surface area contributed by atoms with Crippen LogP contribution in [-0.4, -0.2) is 26.9 Å². The highest BCUT2D eigenvalue weighted by molar-refractivity contribution is 9.09. The van der Waals surface area contributed by atoms with Crippen molar-refractivity contribution in [2.24, 2.45) is 5.92 Å². The molecule has 0 radical (unpaired) electrons. The van der Waals surface area contributed by atoms with Gasteiger partial charge in [0.2, 0.25) is 0 Å². The predicted octanol–water partition coefficient (Wildman–Crippen LogP) is 4.13. The van der Waals surface area contributed by atoms with Crippen LogP contribution in [0.2, 0.25) is 0 Å². The summed E-state index contributed by atoms with van der Waals surface area (Å²) in [5, 5.41) is 0. The number of aryl methyl sites for hydroxylation is 1. The van der Waals surface area contributed by atoms with Crippen molar-refractivity contribution in [3.63, 3.8) is 0 Å². The van der Waals surface area contributed by atoms with Crippen LogP contribution in [0.3, 0.4) is 0 Å². The highest BCUT2D eigenvalue weighted by Crippen LogP contribution is 2.40. The van der Waals surface area contributed by atoms with E-state index in [4.69, 9.17) is 9.47 Å². The number of fused-ring (bicyclic) bond motifs is 1. The Hall–Kier alpha value is -0.380.